The van der Waals surface area contributed by atoms with Crippen molar-refractivity contribution in [2.75, 3.05) is 33.4 Å². The van der Waals surface area contributed by atoms with Gasteiger partial charge >= 0.3 is 0 Å². The predicted molar refractivity (Wildman–Crippen MR) is 80.4 cm³/mol. The van der Waals surface area contributed by atoms with E-state index in [1.165, 1.54) is 6.20 Å². The van der Waals surface area contributed by atoms with Gasteiger partial charge in [0.2, 0.25) is 0 Å². The molecule has 7 heteroatoms. The summed E-state index contributed by atoms with van der Waals surface area (Å²) in [5.41, 5.74) is 0.246. The first kappa shape index (κ1) is 16.8. The van der Waals surface area contributed by atoms with Gasteiger partial charge in [0.05, 0.1) is 37.7 Å². The van der Waals surface area contributed by atoms with Crippen molar-refractivity contribution in [1.82, 2.24) is 15.2 Å². The van der Waals surface area contributed by atoms with Crippen molar-refractivity contribution in [3.05, 3.63) is 29.6 Å². The summed E-state index contributed by atoms with van der Waals surface area (Å²) in [6.07, 6.45) is 1.49. The highest BCUT2D eigenvalue weighted by Gasteiger charge is 2.40. The lowest BCUT2D eigenvalue weighted by molar-refractivity contribution is -0.105. The normalized spacial score (nSPS) is 25.9. The standard InChI is InChI=1S/C15H23N3O4/c1-11-7-22-10-15(9-20,18(11)2)8-17-14(21)12-3-4-16-13(5-12)6-19/h3-5,11,19-20H,6-10H2,1-2H3,(H,17,21)/t11-,15+/m1/s1. The van der Waals surface area contributed by atoms with Crippen molar-refractivity contribution in [3.8, 4) is 0 Å². The number of carbonyl (C=O) groups is 1. The number of aliphatic hydroxyl groups is 2. The van der Waals surface area contributed by atoms with Crippen LogP contribution >= 0.6 is 0 Å². The summed E-state index contributed by atoms with van der Waals surface area (Å²) >= 11 is 0. The number of pyridine rings is 1. The number of hydrogen-bond acceptors (Lipinski definition) is 6. The van der Waals surface area contributed by atoms with Gasteiger partial charge in [0, 0.05) is 24.3 Å². The second-order valence-electron chi connectivity index (χ2n) is 5.73. The van der Waals surface area contributed by atoms with E-state index in [0.29, 0.717) is 24.5 Å². The Morgan fingerprint density at radius 1 is 1.59 bits per heavy atom. The molecule has 2 atom stereocenters. The zero-order valence-corrected chi connectivity index (χ0v) is 13.0. The Hall–Kier alpha value is -1.54. The number of morpholine rings is 1. The molecule has 1 aliphatic rings. The Bertz CT molecular complexity index is 525. The molecule has 22 heavy (non-hydrogen) atoms. The van der Waals surface area contributed by atoms with Crippen molar-refractivity contribution in [2.45, 2.75) is 25.1 Å². The molecule has 1 fully saturated rings. The van der Waals surface area contributed by atoms with Gasteiger partial charge in [0.15, 0.2) is 0 Å². The summed E-state index contributed by atoms with van der Waals surface area (Å²) in [6.45, 7) is 2.95. The average Bonchev–Trinajstić information content (AvgIpc) is 2.56. The largest absolute Gasteiger partial charge is 0.394 e. The molecule has 0 saturated carbocycles. The third-order valence-corrected chi connectivity index (χ3v) is 4.25. The maximum atomic E-state index is 12.2. The Kier molecular flexibility index (Phi) is 5.47. The highest BCUT2D eigenvalue weighted by atomic mass is 16.5. The van der Waals surface area contributed by atoms with Gasteiger partial charge in [-0.25, -0.2) is 0 Å². The van der Waals surface area contributed by atoms with Crippen LogP contribution in [0.1, 0.15) is 23.0 Å². The molecule has 0 spiro atoms. The third kappa shape index (κ3) is 3.44. The van der Waals surface area contributed by atoms with E-state index in [1.54, 1.807) is 12.1 Å². The van der Waals surface area contributed by atoms with E-state index in [-0.39, 0.29) is 31.7 Å². The van der Waals surface area contributed by atoms with Crippen molar-refractivity contribution in [2.24, 2.45) is 0 Å². The lowest BCUT2D eigenvalue weighted by Crippen LogP contribution is -2.65. The second kappa shape index (κ2) is 7.15. The highest BCUT2D eigenvalue weighted by Crippen LogP contribution is 2.21. The van der Waals surface area contributed by atoms with Crippen molar-refractivity contribution < 1.29 is 19.7 Å². The van der Waals surface area contributed by atoms with Crippen molar-refractivity contribution in [1.29, 1.82) is 0 Å². The van der Waals surface area contributed by atoms with Crippen molar-refractivity contribution >= 4 is 5.91 Å². The van der Waals surface area contributed by atoms with Crippen LogP contribution in [0.3, 0.4) is 0 Å². The minimum absolute atomic E-state index is 0.105. The van der Waals surface area contributed by atoms with Crippen LogP contribution in [0.4, 0.5) is 0 Å². The topological polar surface area (TPSA) is 94.9 Å². The Morgan fingerprint density at radius 3 is 3.05 bits per heavy atom. The molecule has 1 amide bonds. The number of likely N-dealkylation sites (N-methyl/N-ethyl adjacent to an activating group) is 1. The second-order valence-corrected chi connectivity index (χ2v) is 5.73. The number of amides is 1. The van der Waals surface area contributed by atoms with Crippen LogP contribution in [0.5, 0.6) is 0 Å². The first-order valence-electron chi connectivity index (χ1n) is 7.28. The number of nitrogens with zero attached hydrogens (tertiary/aromatic N) is 2. The Labute approximate surface area is 129 Å². The van der Waals surface area contributed by atoms with Gasteiger partial charge in [-0.1, -0.05) is 0 Å². The van der Waals surface area contributed by atoms with Crippen LogP contribution in [0.2, 0.25) is 0 Å². The molecule has 0 unspecified atom stereocenters. The zero-order valence-electron chi connectivity index (χ0n) is 13.0. The van der Waals surface area contributed by atoms with E-state index < -0.39 is 5.54 Å². The fourth-order valence-electron chi connectivity index (χ4n) is 2.54. The van der Waals surface area contributed by atoms with Gasteiger partial charge in [-0.05, 0) is 26.1 Å². The predicted octanol–water partition coefficient (Wildman–Crippen LogP) is -0.615. The molecular formula is C15H23N3O4. The smallest absolute Gasteiger partial charge is 0.251 e. The summed E-state index contributed by atoms with van der Waals surface area (Å²) in [5, 5.41) is 21.7. The summed E-state index contributed by atoms with van der Waals surface area (Å²) in [7, 11) is 1.92. The molecule has 2 heterocycles. The van der Waals surface area contributed by atoms with Gasteiger partial charge < -0.3 is 20.3 Å². The Balaban J connectivity index is 2.05. The quantitative estimate of drug-likeness (QED) is 0.671. The molecule has 1 aromatic rings. The van der Waals surface area contributed by atoms with Crippen molar-refractivity contribution in [3.63, 3.8) is 0 Å². The average molecular weight is 309 g/mol. The van der Waals surface area contributed by atoms with Gasteiger partial charge in [-0.3, -0.25) is 14.7 Å². The summed E-state index contributed by atoms with van der Waals surface area (Å²) in [4.78, 5) is 18.2. The number of nitrogens with one attached hydrogen (secondary N) is 1. The summed E-state index contributed by atoms with van der Waals surface area (Å²) < 4.78 is 5.54. The molecule has 0 aliphatic carbocycles. The minimum Gasteiger partial charge on any atom is -0.394 e. The minimum atomic E-state index is -0.625. The molecular weight excluding hydrogens is 286 g/mol. The fraction of sp³-hybridized carbons (Fsp3) is 0.600. The van der Waals surface area contributed by atoms with Gasteiger partial charge in [0.25, 0.3) is 5.91 Å². The highest BCUT2D eigenvalue weighted by molar-refractivity contribution is 5.94. The number of aliphatic hydroxyl groups excluding tert-OH is 2. The van der Waals surface area contributed by atoms with Crippen LogP contribution in [-0.4, -0.2) is 71.0 Å². The lowest BCUT2D eigenvalue weighted by atomic mass is 9.96. The van der Waals surface area contributed by atoms with E-state index in [4.69, 9.17) is 9.84 Å². The molecule has 0 aromatic carbocycles. The van der Waals surface area contributed by atoms with Gasteiger partial charge in [-0.2, -0.15) is 0 Å². The third-order valence-electron chi connectivity index (χ3n) is 4.25. The molecule has 1 aromatic heterocycles. The molecule has 7 nitrogen and oxygen atoms in total. The monoisotopic (exact) mass is 309 g/mol. The van der Waals surface area contributed by atoms with Gasteiger partial charge in [-0.15, -0.1) is 0 Å². The maximum Gasteiger partial charge on any atom is 0.251 e. The van der Waals surface area contributed by atoms with E-state index in [1.807, 2.05) is 18.9 Å². The number of carbonyl (C=O) groups excluding carboxylic acids is 1. The fourth-order valence-corrected chi connectivity index (χ4v) is 2.54. The number of ether oxygens (including phenoxy) is 1. The van der Waals surface area contributed by atoms with E-state index in [0.717, 1.165) is 0 Å². The van der Waals surface area contributed by atoms with Crippen LogP contribution in [-0.2, 0) is 11.3 Å². The van der Waals surface area contributed by atoms with Crippen LogP contribution in [0.25, 0.3) is 0 Å². The van der Waals surface area contributed by atoms with Crippen LogP contribution < -0.4 is 5.32 Å². The van der Waals surface area contributed by atoms with Gasteiger partial charge in [0.1, 0.15) is 0 Å². The molecule has 0 radical (unpaired) electrons. The molecule has 1 saturated heterocycles. The summed E-state index contributed by atoms with van der Waals surface area (Å²) in [5.74, 6) is -0.267. The number of rotatable bonds is 5. The summed E-state index contributed by atoms with van der Waals surface area (Å²) in [6, 6.07) is 3.30. The molecule has 0 bridgehead atoms. The van der Waals surface area contributed by atoms with Crippen LogP contribution in [0, 0.1) is 0 Å². The van der Waals surface area contributed by atoms with Crippen LogP contribution in [0.15, 0.2) is 18.3 Å². The molecule has 2 rings (SSSR count). The first-order chi connectivity index (χ1) is 10.5. The number of hydrogen-bond donors (Lipinski definition) is 3. The van der Waals surface area contributed by atoms with E-state index in [2.05, 4.69) is 10.3 Å². The maximum absolute atomic E-state index is 12.2. The molecule has 1 aliphatic heterocycles. The molecule has 122 valence electrons. The SMILES string of the molecule is C[C@@H]1COC[C@@](CO)(CNC(=O)c2ccnc(CO)c2)N1C. The number of aromatic nitrogens is 1. The zero-order chi connectivity index (χ0) is 16.2. The molecule has 3 N–H and O–H groups in total. The lowest BCUT2D eigenvalue weighted by Gasteiger charge is -2.47. The Morgan fingerprint density at radius 2 is 2.36 bits per heavy atom. The van der Waals surface area contributed by atoms with E-state index in [9.17, 15) is 9.90 Å². The van der Waals surface area contributed by atoms with E-state index >= 15 is 0 Å². The first-order valence-corrected chi connectivity index (χ1v) is 7.28.